The van der Waals surface area contributed by atoms with Crippen molar-refractivity contribution < 1.29 is 4.79 Å². The first-order valence-corrected chi connectivity index (χ1v) is 6.28. The van der Waals surface area contributed by atoms with Gasteiger partial charge in [0, 0.05) is 44.2 Å². The molecule has 0 aromatic carbocycles. The van der Waals surface area contributed by atoms with Gasteiger partial charge in [0.15, 0.2) is 0 Å². The number of rotatable bonds is 2. The van der Waals surface area contributed by atoms with E-state index < -0.39 is 0 Å². The van der Waals surface area contributed by atoms with Crippen LogP contribution in [0.2, 0.25) is 0 Å². The van der Waals surface area contributed by atoms with Gasteiger partial charge in [-0.2, -0.15) is 5.10 Å². The number of amides is 1. The first-order valence-electron chi connectivity index (χ1n) is 6.28. The van der Waals surface area contributed by atoms with E-state index in [-0.39, 0.29) is 5.91 Å². The third-order valence-corrected chi connectivity index (χ3v) is 3.38. The molecule has 1 amide bonds. The normalized spacial score (nSPS) is 15.2. The quantitative estimate of drug-likeness (QED) is 0.782. The van der Waals surface area contributed by atoms with E-state index in [2.05, 4.69) is 18.9 Å². The van der Waals surface area contributed by atoms with E-state index in [1.807, 2.05) is 23.6 Å². The number of hydrogen-bond donors (Lipinski definition) is 0. The van der Waals surface area contributed by atoms with E-state index >= 15 is 0 Å². The monoisotopic (exact) mass is 235 g/mol. The molecule has 1 aliphatic rings. The highest BCUT2D eigenvalue weighted by molar-refractivity contribution is 5.76. The molecular weight excluding hydrogens is 214 g/mol. The molecule has 4 heteroatoms. The van der Waals surface area contributed by atoms with Crippen LogP contribution in [0.5, 0.6) is 0 Å². The summed E-state index contributed by atoms with van der Waals surface area (Å²) in [6.07, 6.45) is 1.57. The predicted octanol–water partition coefficient (Wildman–Crippen LogP) is 1.66. The second-order valence-electron chi connectivity index (χ2n) is 5.30. The Balaban J connectivity index is 2.13. The van der Waals surface area contributed by atoms with Crippen LogP contribution in [0.4, 0.5) is 0 Å². The van der Waals surface area contributed by atoms with Crippen molar-refractivity contribution in [3.8, 4) is 0 Å². The topological polar surface area (TPSA) is 38.1 Å². The molecular formula is C13H21N3O. The van der Waals surface area contributed by atoms with Crippen molar-refractivity contribution >= 4 is 5.91 Å². The number of carbonyl (C=O) groups is 1. The predicted molar refractivity (Wildman–Crippen MR) is 66.5 cm³/mol. The van der Waals surface area contributed by atoms with Crippen LogP contribution in [0, 0.1) is 12.8 Å². The smallest absolute Gasteiger partial charge is 0.223 e. The summed E-state index contributed by atoms with van der Waals surface area (Å²) in [5.74, 6) is 0.702. The van der Waals surface area contributed by atoms with Crippen molar-refractivity contribution in [1.82, 2.24) is 14.7 Å². The molecule has 0 radical (unpaired) electrons. The Bertz CT molecular complexity index is 434. The van der Waals surface area contributed by atoms with Crippen LogP contribution < -0.4 is 0 Å². The van der Waals surface area contributed by atoms with E-state index in [9.17, 15) is 4.79 Å². The molecule has 1 aliphatic heterocycles. The van der Waals surface area contributed by atoms with Gasteiger partial charge in [0.1, 0.15) is 0 Å². The zero-order valence-electron chi connectivity index (χ0n) is 11.2. The van der Waals surface area contributed by atoms with Gasteiger partial charge in [0.05, 0.1) is 5.69 Å². The maximum atomic E-state index is 12.0. The Morgan fingerprint density at radius 3 is 2.82 bits per heavy atom. The Kier molecular flexibility index (Phi) is 3.22. The fourth-order valence-electron chi connectivity index (χ4n) is 2.47. The average Bonchev–Trinajstić information content (AvgIpc) is 2.53. The van der Waals surface area contributed by atoms with Crippen molar-refractivity contribution in [3.05, 3.63) is 17.0 Å². The molecule has 0 spiro atoms. The van der Waals surface area contributed by atoms with Gasteiger partial charge in [-0.05, 0) is 12.8 Å². The first-order chi connectivity index (χ1) is 7.99. The van der Waals surface area contributed by atoms with Gasteiger partial charge in [0.25, 0.3) is 0 Å². The van der Waals surface area contributed by atoms with Crippen LogP contribution in [-0.4, -0.2) is 27.1 Å². The summed E-state index contributed by atoms with van der Waals surface area (Å²) in [7, 11) is 1.98. The van der Waals surface area contributed by atoms with Gasteiger partial charge in [0.2, 0.25) is 5.91 Å². The number of carbonyl (C=O) groups excluding carboxylic acids is 1. The van der Waals surface area contributed by atoms with Gasteiger partial charge in [-0.3, -0.25) is 9.48 Å². The molecule has 0 atom stereocenters. The number of fused-ring (bicyclic) bond motifs is 1. The van der Waals surface area contributed by atoms with E-state index in [1.54, 1.807) is 0 Å². The fraction of sp³-hybridized carbons (Fsp3) is 0.692. The molecule has 2 heterocycles. The van der Waals surface area contributed by atoms with Gasteiger partial charge >= 0.3 is 0 Å². The lowest BCUT2D eigenvalue weighted by molar-refractivity contribution is -0.132. The minimum atomic E-state index is 0.272. The van der Waals surface area contributed by atoms with E-state index in [1.165, 1.54) is 11.3 Å². The van der Waals surface area contributed by atoms with Gasteiger partial charge in [-0.1, -0.05) is 13.8 Å². The number of hydrogen-bond acceptors (Lipinski definition) is 2. The molecule has 0 bridgehead atoms. The highest BCUT2D eigenvalue weighted by Gasteiger charge is 2.25. The van der Waals surface area contributed by atoms with Crippen LogP contribution in [0.15, 0.2) is 0 Å². The van der Waals surface area contributed by atoms with Gasteiger partial charge in [-0.15, -0.1) is 0 Å². The zero-order valence-corrected chi connectivity index (χ0v) is 11.2. The van der Waals surface area contributed by atoms with Crippen molar-refractivity contribution in [1.29, 1.82) is 0 Å². The molecule has 0 saturated carbocycles. The van der Waals surface area contributed by atoms with Crippen LogP contribution in [0.1, 0.15) is 37.2 Å². The summed E-state index contributed by atoms with van der Waals surface area (Å²) in [4.78, 5) is 14.0. The standard InChI is InChI=1S/C13H21N3O/c1-9(2)7-13(17)16-6-5-12-11(8-16)10(3)14-15(12)4/h9H,5-8H2,1-4H3. The lowest BCUT2D eigenvalue weighted by Crippen LogP contribution is -2.36. The summed E-state index contributed by atoms with van der Waals surface area (Å²) < 4.78 is 1.95. The summed E-state index contributed by atoms with van der Waals surface area (Å²) in [6, 6.07) is 0. The highest BCUT2D eigenvalue weighted by Crippen LogP contribution is 2.22. The second-order valence-corrected chi connectivity index (χ2v) is 5.30. The molecule has 0 unspecified atom stereocenters. The summed E-state index contributed by atoms with van der Waals surface area (Å²) in [6.45, 7) is 7.76. The van der Waals surface area contributed by atoms with Crippen LogP contribution in [0.3, 0.4) is 0 Å². The zero-order chi connectivity index (χ0) is 12.6. The molecule has 4 nitrogen and oxygen atoms in total. The van der Waals surface area contributed by atoms with Crippen molar-refractivity contribution in [2.75, 3.05) is 6.54 Å². The molecule has 0 fully saturated rings. The summed E-state index contributed by atoms with van der Waals surface area (Å²) >= 11 is 0. The molecule has 1 aromatic rings. The fourth-order valence-corrected chi connectivity index (χ4v) is 2.47. The van der Waals surface area contributed by atoms with Gasteiger partial charge in [-0.25, -0.2) is 0 Å². The summed E-state index contributed by atoms with van der Waals surface area (Å²) in [5, 5.41) is 4.43. The average molecular weight is 235 g/mol. The molecule has 94 valence electrons. The maximum absolute atomic E-state index is 12.0. The van der Waals surface area contributed by atoms with Crippen molar-refractivity contribution in [2.45, 2.75) is 40.2 Å². The minimum Gasteiger partial charge on any atom is -0.338 e. The van der Waals surface area contributed by atoms with E-state index in [0.29, 0.717) is 12.3 Å². The molecule has 0 N–H and O–H groups in total. The minimum absolute atomic E-state index is 0.272. The highest BCUT2D eigenvalue weighted by atomic mass is 16.2. The molecule has 1 aromatic heterocycles. The van der Waals surface area contributed by atoms with Gasteiger partial charge < -0.3 is 4.90 Å². The molecule has 0 saturated heterocycles. The largest absolute Gasteiger partial charge is 0.338 e. The third-order valence-electron chi connectivity index (χ3n) is 3.38. The van der Waals surface area contributed by atoms with Crippen LogP contribution in [0.25, 0.3) is 0 Å². The Hall–Kier alpha value is -1.32. The summed E-state index contributed by atoms with van der Waals surface area (Å²) in [5.41, 5.74) is 3.59. The van der Waals surface area contributed by atoms with Crippen LogP contribution in [-0.2, 0) is 24.8 Å². The lowest BCUT2D eigenvalue weighted by Gasteiger charge is -2.28. The number of nitrogens with zero attached hydrogens (tertiary/aromatic N) is 3. The Labute approximate surface area is 103 Å². The molecule has 17 heavy (non-hydrogen) atoms. The van der Waals surface area contributed by atoms with E-state index in [0.717, 1.165) is 25.2 Å². The Morgan fingerprint density at radius 1 is 1.47 bits per heavy atom. The number of aryl methyl sites for hydroxylation is 2. The second kappa shape index (κ2) is 4.51. The maximum Gasteiger partial charge on any atom is 0.223 e. The SMILES string of the molecule is Cc1nn(C)c2c1CN(C(=O)CC(C)C)CC2. The first kappa shape index (κ1) is 12.1. The molecule has 2 rings (SSSR count). The number of aromatic nitrogens is 2. The Morgan fingerprint density at radius 2 is 2.18 bits per heavy atom. The molecule has 0 aliphatic carbocycles. The van der Waals surface area contributed by atoms with Crippen LogP contribution >= 0.6 is 0 Å². The van der Waals surface area contributed by atoms with Crippen molar-refractivity contribution in [3.63, 3.8) is 0 Å². The third kappa shape index (κ3) is 2.35. The lowest BCUT2D eigenvalue weighted by atomic mass is 10.0. The van der Waals surface area contributed by atoms with Crippen molar-refractivity contribution in [2.24, 2.45) is 13.0 Å². The van der Waals surface area contributed by atoms with E-state index in [4.69, 9.17) is 0 Å².